The number of aromatic amines is 1. The maximum atomic E-state index is 12.3. The number of carbonyl (C=O) groups excluding carboxylic acids is 1. The van der Waals surface area contributed by atoms with Crippen molar-refractivity contribution in [2.45, 2.75) is 25.8 Å². The van der Waals surface area contributed by atoms with E-state index in [2.05, 4.69) is 17.1 Å². The van der Waals surface area contributed by atoms with E-state index in [-0.39, 0.29) is 5.91 Å². The summed E-state index contributed by atoms with van der Waals surface area (Å²) in [6, 6.07) is 15.9. The lowest BCUT2D eigenvalue weighted by Gasteiger charge is -2.17. The van der Waals surface area contributed by atoms with E-state index in [1.54, 1.807) is 4.90 Å². The number of hydrogen-bond acceptors (Lipinski definition) is 1. The maximum absolute atomic E-state index is 12.3. The number of aryl methyl sites for hydroxylation is 1. The smallest absolute Gasteiger partial charge is 0.222 e. The highest BCUT2D eigenvalue weighted by atomic mass is 35.5. The predicted octanol–water partition coefficient (Wildman–Crippen LogP) is 4.80. The minimum atomic E-state index is 0.171. The highest BCUT2D eigenvalue weighted by Gasteiger charge is 2.10. The van der Waals surface area contributed by atoms with Crippen LogP contribution in [0.15, 0.2) is 54.7 Å². The Kier molecular flexibility index (Phi) is 5.21. The van der Waals surface area contributed by atoms with Crippen LogP contribution in [0, 0.1) is 0 Å². The second-order valence-electron chi connectivity index (χ2n) is 6.09. The molecule has 24 heavy (non-hydrogen) atoms. The van der Waals surface area contributed by atoms with Crippen LogP contribution in [0.1, 0.15) is 24.0 Å². The molecule has 4 heteroatoms. The van der Waals surface area contributed by atoms with Crippen molar-refractivity contribution in [2.24, 2.45) is 0 Å². The molecule has 0 bridgehead atoms. The molecule has 0 radical (unpaired) electrons. The van der Waals surface area contributed by atoms with Crippen LogP contribution in [0.3, 0.4) is 0 Å². The Morgan fingerprint density at radius 2 is 1.88 bits per heavy atom. The third kappa shape index (κ3) is 3.98. The van der Waals surface area contributed by atoms with Gasteiger partial charge in [0, 0.05) is 42.1 Å². The zero-order chi connectivity index (χ0) is 16.9. The van der Waals surface area contributed by atoms with E-state index in [9.17, 15) is 4.79 Å². The Morgan fingerprint density at radius 1 is 1.12 bits per heavy atom. The second kappa shape index (κ2) is 7.54. The topological polar surface area (TPSA) is 36.1 Å². The minimum Gasteiger partial charge on any atom is -0.361 e. The zero-order valence-electron chi connectivity index (χ0n) is 13.8. The summed E-state index contributed by atoms with van der Waals surface area (Å²) in [5, 5.41) is 1.96. The summed E-state index contributed by atoms with van der Waals surface area (Å²) in [5.74, 6) is 0.171. The molecule has 3 nitrogen and oxygen atoms in total. The minimum absolute atomic E-state index is 0.171. The first-order valence-electron chi connectivity index (χ1n) is 8.17. The molecule has 1 amide bonds. The molecule has 1 N–H and O–H groups in total. The summed E-state index contributed by atoms with van der Waals surface area (Å²) in [6.07, 6.45) is 4.37. The molecule has 0 aliphatic rings. The lowest BCUT2D eigenvalue weighted by atomic mass is 10.1. The third-order valence-corrected chi connectivity index (χ3v) is 4.52. The number of H-pyrrole nitrogens is 1. The Hall–Kier alpha value is -2.26. The van der Waals surface area contributed by atoms with Crippen LogP contribution in [-0.4, -0.2) is 22.8 Å². The van der Waals surface area contributed by atoms with Crippen LogP contribution < -0.4 is 0 Å². The van der Waals surface area contributed by atoms with E-state index in [4.69, 9.17) is 11.6 Å². The molecule has 124 valence electrons. The van der Waals surface area contributed by atoms with Crippen LogP contribution in [0.4, 0.5) is 0 Å². The Balaban J connectivity index is 1.50. The van der Waals surface area contributed by atoms with Crippen LogP contribution in [0.5, 0.6) is 0 Å². The number of nitrogens with one attached hydrogen (secondary N) is 1. The molecule has 0 saturated heterocycles. The first kappa shape index (κ1) is 16.6. The fourth-order valence-electron chi connectivity index (χ4n) is 2.91. The number of aromatic nitrogens is 1. The van der Waals surface area contributed by atoms with E-state index in [1.165, 1.54) is 10.9 Å². The molecule has 0 aliphatic heterocycles. The van der Waals surface area contributed by atoms with Crippen molar-refractivity contribution in [1.29, 1.82) is 0 Å². The highest BCUT2D eigenvalue weighted by molar-refractivity contribution is 6.30. The summed E-state index contributed by atoms with van der Waals surface area (Å²) < 4.78 is 0. The van der Waals surface area contributed by atoms with Crippen LogP contribution in [0.2, 0.25) is 5.02 Å². The van der Waals surface area contributed by atoms with Gasteiger partial charge in [-0.05, 0) is 42.2 Å². The molecule has 3 rings (SSSR count). The average molecular weight is 341 g/mol. The van der Waals surface area contributed by atoms with Gasteiger partial charge in [0.15, 0.2) is 0 Å². The number of halogens is 1. The molecule has 0 atom stereocenters. The molecule has 2 aromatic carbocycles. The van der Waals surface area contributed by atoms with Crippen molar-refractivity contribution >= 4 is 28.4 Å². The number of nitrogens with zero attached hydrogens (tertiary/aromatic N) is 1. The molecule has 0 unspecified atom stereocenters. The van der Waals surface area contributed by atoms with Gasteiger partial charge in [-0.3, -0.25) is 4.79 Å². The number of benzene rings is 2. The summed E-state index contributed by atoms with van der Waals surface area (Å²) in [7, 11) is 1.85. The monoisotopic (exact) mass is 340 g/mol. The lowest BCUT2D eigenvalue weighted by Crippen LogP contribution is -2.25. The first-order chi connectivity index (χ1) is 11.6. The maximum Gasteiger partial charge on any atom is 0.222 e. The van der Waals surface area contributed by atoms with Gasteiger partial charge in [0.25, 0.3) is 0 Å². The number of amides is 1. The second-order valence-corrected chi connectivity index (χ2v) is 6.53. The fraction of sp³-hybridized carbons (Fsp3) is 0.250. The van der Waals surface area contributed by atoms with E-state index < -0.39 is 0 Å². The number of para-hydroxylation sites is 1. The van der Waals surface area contributed by atoms with E-state index in [0.29, 0.717) is 18.0 Å². The SMILES string of the molecule is CN(Cc1ccc(Cl)cc1)C(=O)CCCc1c[nH]c2ccccc12. The Morgan fingerprint density at radius 3 is 2.67 bits per heavy atom. The van der Waals surface area contributed by atoms with E-state index in [1.807, 2.05) is 49.6 Å². The standard InChI is InChI=1S/C20H21ClN2O/c1-23(14-15-9-11-17(21)12-10-15)20(24)8-4-5-16-13-22-19-7-3-2-6-18(16)19/h2-3,6-7,9-13,22H,4-5,8,14H2,1H3. The van der Waals surface area contributed by atoms with Crippen LogP contribution in [-0.2, 0) is 17.8 Å². The van der Waals surface area contributed by atoms with Gasteiger partial charge in [-0.2, -0.15) is 0 Å². The van der Waals surface area contributed by atoms with Gasteiger partial charge >= 0.3 is 0 Å². The van der Waals surface area contributed by atoms with Gasteiger partial charge in [-0.25, -0.2) is 0 Å². The predicted molar refractivity (Wildman–Crippen MR) is 99.2 cm³/mol. The fourth-order valence-corrected chi connectivity index (χ4v) is 3.04. The number of carbonyl (C=O) groups is 1. The van der Waals surface area contributed by atoms with Crippen molar-refractivity contribution in [3.8, 4) is 0 Å². The normalized spacial score (nSPS) is 10.9. The van der Waals surface area contributed by atoms with Gasteiger partial charge in [-0.15, -0.1) is 0 Å². The van der Waals surface area contributed by atoms with Crippen molar-refractivity contribution in [3.63, 3.8) is 0 Å². The molecule has 1 aromatic heterocycles. The molecule has 1 heterocycles. The lowest BCUT2D eigenvalue weighted by molar-refractivity contribution is -0.130. The summed E-state index contributed by atoms with van der Waals surface area (Å²) in [6.45, 7) is 0.614. The molecule has 0 aliphatic carbocycles. The number of fused-ring (bicyclic) bond motifs is 1. The van der Waals surface area contributed by atoms with Crippen molar-refractivity contribution < 1.29 is 4.79 Å². The van der Waals surface area contributed by atoms with Crippen molar-refractivity contribution in [2.75, 3.05) is 7.05 Å². The van der Waals surface area contributed by atoms with Gasteiger partial charge in [-0.1, -0.05) is 41.9 Å². The molecule has 3 aromatic rings. The summed E-state index contributed by atoms with van der Waals surface area (Å²) >= 11 is 5.89. The van der Waals surface area contributed by atoms with Crippen LogP contribution in [0.25, 0.3) is 10.9 Å². The van der Waals surface area contributed by atoms with Gasteiger partial charge < -0.3 is 9.88 Å². The molecule has 0 fully saturated rings. The Labute approximate surface area is 147 Å². The number of rotatable bonds is 6. The van der Waals surface area contributed by atoms with Gasteiger partial charge in [0.05, 0.1) is 0 Å². The zero-order valence-corrected chi connectivity index (χ0v) is 14.5. The van der Waals surface area contributed by atoms with Gasteiger partial charge in [0.2, 0.25) is 5.91 Å². The molecule has 0 saturated carbocycles. The van der Waals surface area contributed by atoms with Crippen molar-refractivity contribution in [3.05, 3.63) is 70.9 Å². The van der Waals surface area contributed by atoms with E-state index in [0.717, 1.165) is 23.9 Å². The third-order valence-electron chi connectivity index (χ3n) is 4.27. The number of hydrogen-bond donors (Lipinski definition) is 1. The Bertz CT molecular complexity index is 823. The average Bonchev–Trinajstić information content (AvgIpc) is 3.00. The molecule has 0 spiro atoms. The van der Waals surface area contributed by atoms with Crippen LogP contribution >= 0.6 is 11.6 Å². The summed E-state index contributed by atoms with van der Waals surface area (Å²) in [4.78, 5) is 17.4. The molecular weight excluding hydrogens is 320 g/mol. The van der Waals surface area contributed by atoms with E-state index >= 15 is 0 Å². The highest BCUT2D eigenvalue weighted by Crippen LogP contribution is 2.19. The summed E-state index contributed by atoms with van der Waals surface area (Å²) in [5.41, 5.74) is 3.52. The largest absolute Gasteiger partial charge is 0.361 e. The molecular formula is C20H21ClN2O. The van der Waals surface area contributed by atoms with Gasteiger partial charge in [0.1, 0.15) is 0 Å². The first-order valence-corrected chi connectivity index (χ1v) is 8.54. The quantitative estimate of drug-likeness (QED) is 0.687. The van der Waals surface area contributed by atoms with Crippen molar-refractivity contribution in [1.82, 2.24) is 9.88 Å².